The van der Waals surface area contributed by atoms with Gasteiger partial charge >= 0.3 is 0 Å². The first-order chi connectivity index (χ1) is 10.4. The van der Waals surface area contributed by atoms with Crippen LogP contribution in [0.5, 0.6) is 0 Å². The summed E-state index contributed by atoms with van der Waals surface area (Å²) >= 11 is 0. The minimum Gasteiger partial charge on any atom is -0.303 e. The van der Waals surface area contributed by atoms with Gasteiger partial charge in [-0.1, -0.05) is 35.5 Å². The van der Waals surface area contributed by atoms with Crippen LogP contribution in [-0.4, -0.2) is 29.9 Å². The molecule has 0 radical (unpaired) electrons. The third-order valence-corrected chi connectivity index (χ3v) is 3.12. The zero-order valence-electron chi connectivity index (χ0n) is 10.9. The van der Waals surface area contributed by atoms with Crippen LogP contribution >= 0.6 is 0 Å². The van der Waals surface area contributed by atoms with E-state index in [2.05, 4.69) is 20.6 Å². The number of nitrogens with zero attached hydrogens (tertiary/aromatic N) is 6. The van der Waals surface area contributed by atoms with Gasteiger partial charge in [-0.3, -0.25) is 0 Å². The molecule has 0 aliphatic carbocycles. The summed E-state index contributed by atoms with van der Waals surface area (Å²) in [6.45, 7) is 0. The van der Waals surface area contributed by atoms with Gasteiger partial charge in [-0.15, -0.1) is 5.10 Å². The molecule has 0 aliphatic rings. The number of rotatable bonds is 3. The standard InChI is InChI=1S/C14H10N6O/c1-2-6-11(7-3-1)12-10-15-18-20(12)14-13(16-21-17-14)19-8-4-5-9-19/h1-10H. The summed E-state index contributed by atoms with van der Waals surface area (Å²) in [4.78, 5) is 0. The minimum atomic E-state index is 0.488. The Balaban J connectivity index is 1.87. The summed E-state index contributed by atoms with van der Waals surface area (Å²) in [5, 5.41) is 16.0. The van der Waals surface area contributed by atoms with Crippen molar-refractivity contribution in [2.24, 2.45) is 0 Å². The van der Waals surface area contributed by atoms with Crippen molar-refractivity contribution in [3.8, 4) is 22.9 Å². The highest BCUT2D eigenvalue weighted by Gasteiger charge is 2.18. The van der Waals surface area contributed by atoms with E-state index in [1.807, 2.05) is 59.4 Å². The number of hydrogen-bond acceptors (Lipinski definition) is 5. The molecule has 0 fully saturated rings. The Morgan fingerprint density at radius 2 is 1.62 bits per heavy atom. The molecular formula is C14H10N6O. The average molecular weight is 278 g/mol. The molecule has 1 aromatic carbocycles. The topological polar surface area (TPSA) is 74.6 Å². The first-order valence-corrected chi connectivity index (χ1v) is 6.36. The average Bonchev–Trinajstić information content (AvgIpc) is 3.27. The van der Waals surface area contributed by atoms with Gasteiger partial charge in [0.05, 0.1) is 11.9 Å². The molecule has 3 aromatic heterocycles. The molecule has 7 nitrogen and oxygen atoms in total. The van der Waals surface area contributed by atoms with E-state index in [0.717, 1.165) is 11.3 Å². The fourth-order valence-corrected chi connectivity index (χ4v) is 2.15. The molecule has 0 atom stereocenters. The van der Waals surface area contributed by atoms with E-state index in [0.29, 0.717) is 11.6 Å². The largest absolute Gasteiger partial charge is 0.303 e. The fraction of sp³-hybridized carbons (Fsp3) is 0. The van der Waals surface area contributed by atoms with Crippen LogP contribution in [0.1, 0.15) is 0 Å². The molecule has 21 heavy (non-hydrogen) atoms. The summed E-state index contributed by atoms with van der Waals surface area (Å²) in [6, 6.07) is 13.6. The maximum absolute atomic E-state index is 4.87. The summed E-state index contributed by atoms with van der Waals surface area (Å²) in [5.74, 6) is 1.05. The van der Waals surface area contributed by atoms with Gasteiger partial charge in [0.2, 0.25) is 11.6 Å². The second kappa shape index (κ2) is 4.71. The summed E-state index contributed by atoms with van der Waals surface area (Å²) in [6.07, 6.45) is 5.41. The van der Waals surface area contributed by atoms with Crippen LogP contribution in [0.25, 0.3) is 22.9 Å². The lowest BCUT2D eigenvalue weighted by molar-refractivity contribution is 0.304. The lowest BCUT2D eigenvalue weighted by Gasteiger charge is -2.04. The minimum absolute atomic E-state index is 0.488. The maximum Gasteiger partial charge on any atom is 0.245 e. The molecule has 0 saturated carbocycles. The molecule has 0 bridgehead atoms. The van der Waals surface area contributed by atoms with Crippen LogP contribution in [0.4, 0.5) is 0 Å². The fourth-order valence-electron chi connectivity index (χ4n) is 2.15. The van der Waals surface area contributed by atoms with Gasteiger partial charge < -0.3 is 4.57 Å². The smallest absolute Gasteiger partial charge is 0.245 e. The van der Waals surface area contributed by atoms with E-state index in [-0.39, 0.29) is 0 Å². The SMILES string of the molecule is c1ccc(-c2cnnn2-c2nonc2-n2cccc2)cc1. The molecule has 0 unspecified atom stereocenters. The molecule has 0 amide bonds. The second-order valence-electron chi connectivity index (χ2n) is 4.40. The molecule has 0 aliphatic heterocycles. The van der Waals surface area contributed by atoms with E-state index < -0.39 is 0 Å². The van der Waals surface area contributed by atoms with E-state index in [1.54, 1.807) is 10.9 Å². The summed E-state index contributed by atoms with van der Waals surface area (Å²) in [5.41, 5.74) is 1.81. The van der Waals surface area contributed by atoms with Gasteiger partial charge in [-0.05, 0) is 22.4 Å². The van der Waals surface area contributed by atoms with E-state index in [9.17, 15) is 0 Å². The monoisotopic (exact) mass is 278 g/mol. The van der Waals surface area contributed by atoms with Crippen molar-refractivity contribution in [2.45, 2.75) is 0 Å². The molecular weight excluding hydrogens is 268 g/mol. The van der Waals surface area contributed by atoms with Crippen LogP contribution in [0, 0.1) is 0 Å². The lowest BCUT2D eigenvalue weighted by atomic mass is 10.2. The highest BCUT2D eigenvalue weighted by atomic mass is 16.6. The highest BCUT2D eigenvalue weighted by Crippen LogP contribution is 2.22. The zero-order valence-corrected chi connectivity index (χ0v) is 10.9. The third kappa shape index (κ3) is 1.91. The highest BCUT2D eigenvalue weighted by molar-refractivity contribution is 5.61. The van der Waals surface area contributed by atoms with Gasteiger partial charge in [0, 0.05) is 18.0 Å². The van der Waals surface area contributed by atoms with Crippen molar-refractivity contribution in [1.82, 2.24) is 29.9 Å². The van der Waals surface area contributed by atoms with E-state index in [4.69, 9.17) is 4.63 Å². The molecule has 0 spiro atoms. The molecule has 7 heteroatoms. The van der Waals surface area contributed by atoms with Crippen LogP contribution in [0.2, 0.25) is 0 Å². The molecule has 0 N–H and O–H groups in total. The Morgan fingerprint density at radius 1 is 0.857 bits per heavy atom. The number of benzene rings is 1. The normalized spacial score (nSPS) is 10.9. The second-order valence-corrected chi connectivity index (χ2v) is 4.40. The summed E-state index contributed by atoms with van der Waals surface area (Å²) in [7, 11) is 0. The van der Waals surface area contributed by atoms with E-state index >= 15 is 0 Å². The molecule has 3 heterocycles. The van der Waals surface area contributed by atoms with Gasteiger partial charge in [0.1, 0.15) is 0 Å². The quantitative estimate of drug-likeness (QED) is 0.573. The van der Waals surface area contributed by atoms with Gasteiger partial charge in [0.15, 0.2) is 0 Å². The van der Waals surface area contributed by atoms with Gasteiger partial charge in [-0.2, -0.15) is 4.68 Å². The zero-order chi connectivity index (χ0) is 14.1. The first-order valence-electron chi connectivity index (χ1n) is 6.36. The van der Waals surface area contributed by atoms with E-state index in [1.165, 1.54) is 0 Å². The predicted octanol–water partition coefficient (Wildman–Crippen LogP) is 2.11. The maximum atomic E-state index is 4.87. The van der Waals surface area contributed by atoms with Crippen molar-refractivity contribution in [2.75, 3.05) is 0 Å². The van der Waals surface area contributed by atoms with Gasteiger partial charge in [-0.25, -0.2) is 4.63 Å². The Labute approximate surface area is 119 Å². The Morgan fingerprint density at radius 3 is 2.43 bits per heavy atom. The number of aromatic nitrogens is 6. The number of hydrogen-bond donors (Lipinski definition) is 0. The Hall–Kier alpha value is -3.22. The Kier molecular flexibility index (Phi) is 2.60. The van der Waals surface area contributed by atoms with Crippen LogP contribution in [0.3, 0.4) is 0 Å². The summed E-state index contributed by atoms with van der Waals surface area (Å²) < 4.78 is 8.29. The van der Waals surface area contributed by atoms with Gasteiger partial charge in [0.25, 0.3) is 0 Å². The van der Waals surface area contributed by atoms with Crippen LogP contribution < -0.4 is 0 Å². The van der Waals surface area contributed by atoms with Crippen molar-refractivity contribution in [1.29, 1.82) is 0 Å². The molecule has 4 rings (SSSR count). The Bertz CT molecular complexity index is 847. The van der Waals surface area contributed by atoms with Crippen molar-refractivity contribution in [3.63, 3.8) is 0 Å². The third-order valence-electron chi connectivity index (χ3n) is 3.12. The first kappa shape index (κ1) is 11.6. The lowest BCUT2D eigenvalue weighted by Crippen LogP contribution is -2.04. The molecule has 4 aromatic rings. The molecule has 0 saturated heterocycles. The van der Waals surface area contributed by atoms with Crippen LogP contribution in [-0.2, 0) is 0 Å². The van der Waals surface area contributed by atoms with Crippen LogP contribution in [0.15, 0.2) is 65.7 Å². The predicted molar refractivity (Wildman–Crippen MR) is 74.0 cm³/mol. The van der Waals surface area contributed by atoms with Crippen molar-refractivity contribution >= 4 is 0 Å². The van der Waals surface area contributed by atoms with Crippen molar-refractivity contribution in [3.05, 3.63) is 61.1 Å². The molecule has 102 valence electrons. The van der Waals surface area contributed by atoms with Crippen molar-refractivity contribution < 1.29 is 4.63 Å².